The molecule has 0 aromatic rings. The molecule has 0 spiro atoms. The number of carbonyl (C=O) groups excluding carboxylic acids is 2. The van der Waals surface area contributed by atoms with Gasteiger partial charge >= 0.3 is 0 Å². The van der Waals surface area contributed by atoms with E-state index in [1.165, 1.54) is 0 Å². The van der Waals surface area contributed by atoms with E-state index >= 15 is 0 Å². The quantitative estimate of drug-likeness (QED) is 0.770. The standard InChI is InChI=1S/C15H28N4O2/c1-10(2)13-14(20)16-11(3)15(21)19(13)9-12-8-17(4)6-7-18(12)5/h10-13H,6-9H2,1-5H3,(H,16,20). The summed E-state index contributed by atoms with van der Waals surface area (Å²) in [6.07, 6.45) is 0. The Labute approximate surface area is 127 Å². The molecular weight excluding hydrogens is 268 g/mol. The zero-order valence-corrected chi connectivity index (χ0v) is 13.8. The van der Waals surface area contributed by atoms with Gasteiger partial charge in [-0.05, 0) is 26.9 Å². The largest absolute Gasteiger partial charge is 0.343 e. The van der Waals surface area contributed by atoms with Crippen molar-refractivity contribution in [2.45, 2.75) is 38.9 Å². The van der Waals surface area contributed by atoms with Gasteiger partial charge in [-0.15, -0.1) is 0 Å². The van der Waals surface area contributed by atoms with Gasteiger partial charge in [0.25, 0.3) is 0 Å². The zero-order chi connectivity index (χ0) is 15.7. The minimum atomic E-state index is -0.417. The van der Waals surface area contributed by atoms with Crippen molar-refractivity contribution in [3.63, 3.8) is 0 Å². The number of piperazine rings is 2. The van der Waals surface area contributed by atoms with Gasteiger partial charge in [-0.2, -0.15) is 0 Å². The Balaban J connectivity index is 2.16. The van der Waals surface area contributed by atoms with Gasteiger partial charge in [-0.3, -0.25) is 14.5 Å². The van der Waals surface area contributed by atoms with Gasteiger partial charge in [-0.25, -0.2) is 0 Å². The Morgan fingerprint density at radius 3 is 2.52 bits per heavy atom. The molecular formula is C15H28N4O2. The topological polar surface area (TPSA) is 55.9 Å². The summed E-state index contributed by atoms with van der Waals surface area (Å²) in [7, 11) is 4.20. The van der Waals surface area contributed by atoms with E-state index in [4.69, 9.17) is 0 Å². The van der Waals surface area contributed by atoms with E-state index in [0.717, 1.165) is 19.6 Å². The van der Waals surface area contributed by atoms with E-state index in [-0.39, 0.29) is 29.8 Å². The Morgan fingerprint density at radius 1 is 1.24 bits per heavy atom. The molecule has 2 fully saturated rings. The molecule has 0 bridgehead atoms. The second-order valence-electron chi connectivity index (χ2n) is 6.81. The monoisotopic (exact) mass is 296 g/mol. The Hall–Kier alpha value is -1.14. The highest BCUT2D eigenvalue weighted by Gasteiger charge is 2.41. The van der Waals surface area contributed by atoms with E-state index in [1.54, 1.807) is 11.8 Å². The van der Waals surface area contributed by atoms with Crippen molar-refractivity contribution in [3.05, 3.63) is 0 Å². The average molecular weight is 296 g/mol. The van der Waals surface area contributed by atoms with E-state index in [2.05, 4.69) is 29.2 Å². The summed E-state index contributed by atoms with van der Waals surface area (Å²) >= 11 is 0. The third-order valence-electron chi connectivity index (χ3n) is 4.64. The molecule has 2 heterocycles. The van der Waals surface area contributed by atoms with Crippen LogP contribution < -0.4 is 5.32 Å². The SMILES string of the molecule is CC1NC(=O)C(C(C)C)N(CC2CN(C)CCN2C)C1=O. The summed E-state index contributed by atoms with van der Waals surface area (Å²) in [5.74, 6) is 0.131. The number of carbonyl (C=O) groups is 2. The first-order valence-corrected chi connectivity index (χ1v) is 7.81. The molecule has 3 atom stereocenters. The van der Waals surface area contributed by atoms with Crippen LogP contribution in [0.3, 0.4) is 0 Å². The maximum absolute atomic E-state index is 12.5. The molecule has 2 saturated heterocycles. The molecule has 6 heteroatoms. The predicted molar refractivity (Wildman–Crippen MR) is 81.9 cm³/mol. The summed E-state index contributed by atoms with van der Waals surface area (Å²) in [5.41, 5.74) is 0. The van der Waals surface area contributed by atoms with Crippen molar-refractivity contribution in [2.75, 3.05) is 40.3 Å². The summed E-state index contributed by atoms with van der Waals surface area (Å²) in [5, 5.41) is 2.79. The molecule has 6 nitrogen and oxygen atoms in total. The predicted octanol–water partition coefficient (Wildman–Crippen LogP) is -0.396. The second kappa shape index (κ2) is 6.32. The van der Waals surface area contributed by atoms with Crippen LogP contribution in [0.1, 0.15) is 20.8 Å². The first-order chi connectivity index (χ1) is 9.81. The van der Waals surface area contributed by atoms with Crippen molar-refractivity contribution in [2.24, 2.45) is 5.92 Å². The molecule has 0 aromatic carbocycles. The van der Waals surface area contributed by atoms with Crippen LogP contribution >= 0.6 is 0 Å². The fraction of sp³-hybridized carbons (Fsp3) is 0.867. The summed E-state index contributed by atoms with van der Waals surface area (Å²) in [4.78, 5) is 31.2. The number of rotatable bonds is 3. The summed E-state index contributed by atoms with van der Waals surface area (Å²) < 4.78 is 0. The molecule has 0 saturated carbocycles. The number of nitrogens with one attached hydrogen (secondary N) is 1. The Kier molecular flexibility index (Phi) is 4.88. The summed E-state index contributed by atoms with van der Waals surface area (Å²) in [6.45, 7) is 9.36. The lowest BCUT2D eigenvalue weighted by Gasteiger charge is -2.45. The normalized spacial score (nSPS) is 32.7. The Bertz CT molecular complexity index is 412. The van der Waals surface area contributed by atoms with Crippen molar-refractivity contribution in [1.82, 2.24) is 20.0 Å². The molecule has 2 rings (SSSR count). The molecule has 0 aromatic heterocycles. The van der Waals surface area contributed by atoms with Crippen LogP contribution in [-0.4, -0.2) is 84.9 Å². The van der Waals surface area contributed by atoms with Crippen LogP contribution in [0.15, 0.2) is 0 Å². The molecule has 3 unspecified atom stereocenters. The molecule has 2 aliphatic heterocycles. The smallest absolute Gasteiger partial charge is 0.245 e. The minimum absolute atomic E-state index is 0.0242. The molecule has 0 aliphatic carbocycles. The molecule has 2 amide bonds. The zero-order valence-electron chi connectivity index (χ0n) is 13.8. The van der Waals surface area contributed by atoms with Crippen LogP contribution in [0.4, 0.5) is 0 Å². The third kappa shape index (κ3) is 3.37. The maximum atomic E-state index is 12.5. The molecule has 120 valence electrons. The van der Waals surface area contributed by atoms with Gasteiger partial charge in [0.2, 0.25) is 11.8 Å². The molecule has 21 heavy (non-hydrogen) atoms. The molecule has 0 radical (unpaired) electrons. The van der Waals surface area contributed by atoms with Crippen LogP contribution in [0.5, 0.6) is 0 Å². The van der Waals surface area contributed by atoms with Crippen LogP contribution in [-0.2, 0) is 9.59 Å². The minimum Gasteiger partial charge on any atom is -0.343 e. The highest BCUT2D eigenvalue weighted by atomic mass is 16.2. The third-order valence-corrected chi connectivity index (χ3v) is 4.64. The maximum Gasteiger partial charge on any atom is 0.245 e. The van der Waals surface area contributed by atoms with Gasteiger partial charge in [0.15, 0.2) is 0 Å². The lowest BCUT2D eigenvalue weighted by Crippen LogP contribution is -2.67. The van der Waals surface area contributed by atoms with E-state index in [9.17, 15) is 9.59 Å². The second-order valence-corrected chi connectivity index (χ2v) is 6.81. The number of nitrogens with zero attached hydrogens (tertiary/aromatic N) is 3. The lowest BCUT2D eigenvalue weighted by atomic mass is 9.96. The van der Waals surface area contributed by atoms with Crippen LogP contribution in [0.2, 0.25) is 0 Å². The van der Waals surface area contributed by atoms with Gasteiger partial charge in [0.1, 0.15) is 12.1 Å². The average Bonchev–Trinajstić information content (AvgIpc) is 2.39. The van der Waals surface area contributed by atoms with Gasteiger partial charge in [0, 0.05) is 32.2 Å². The van der Waals surface area contributed by atoms with E-state index in [1.807, 2.05) is 13.8 Å². The van der Waals surface area contributed by atoms with Crippen molar-refractivity contribution < 1.29 is 9.59 Å². The fourth-order valence-corrected chi connectivity index (χ4v) is 3.28. The van der Waals surface area contributed by atoms with Gasteiger partial charge in [-0.1, -0.05) is 13.8 Å². The first kappa shape index (κ1) is 16.2. The number of hydrogen-bond donors (Lipinski definition) is 1. The van der Waals surface area contributed by atoms with Crippen LogP contribution in [0, 0.1) is 5.92 Å². The highest BCUT2D eigenvalue weighted by molar-refractivity contribution is 5.96. The van der Waals surface area contributed by atoms with Crippen molar-refractivity contribution in [3.8, 4) is 0 Å². The van der Waals surface area contributed by atoms with E-state index < -0.39 is 6.04 Å². The Morgan fingerprint density at radius 2 is 1.90 bits per heavy atom. The van der Waals surface area contributed by atoms with E-state index in [0.29, 0.717) is 6.54 Å². The molecule has 1 N–H and O–H groups in total. The number of hydrogen-bond acceptors (Lipinski definition) is 4. The molecule has 2 aliphatic rings. The fourth-order valence-electron chi connectivity index (χ4n) is 3.28. The van der Waals surface area contributed by atoms with Crippen LogP contribution in [0.25, 0.3) is 0 Å². The lowest BCUT2D eigenvalue weighted by molar-refractivity contribution is -0.151. The highest BCUT2D eigenvalue weighted by Crippen LogP contribution is 2.19. The number of likely N-dealkylation sites (N-methyl/N-ethyl adjacent to an activating group) is 2. The van der Waals surface area contributed by atoms with Gasteiger partial charge < -0.3 is 15.1 Å². The van der Waals surface area contributed by atoms with Crippen molar-refractivity contribution in [1.29, 1.82) is 0 Å². The first-order valence-electron chi connectivity index (χ1n) is 7.81. The number of amides is 2. The van der Waals surface area contributed by atoms with Crippen molar-refractivity contribution >= 4 is 11.8 Å². The van der Waals surface area contributed by atoms with Gasteiger partial charge in [0.05, 0.1) is 0 Å². The summed E-state index contributed by atoms with van der Waals surface area (Å²) in [6, 6.07) is -0.486.